The molecule has 0 saturated carbocycles. The number of nitrogens with one attached hydrogen (secondary N) is 2. The normalized spacial score (nSPS) is 19.9. The third-order valence-corrected chi connectivity index (χ3v) is 5.64. The number of nitrogens with zero attached hydrogens (tertiary/aromatic N) is 1. The second kappa shape index (κ2) is 7.61. The minimum atomic E-state index is -1.30. The highest BCUT2D eigenvalue weighted by atomic mass is 16.6. The van der Waals surface area contributed by atoms with Gasteiger partial charge < -0.3 is 20.1 Å². The second-order valence-electron chi connectivity index (χ2n) is 8.13. The third-order valence-electron chi connectivity index (χ3n) is 5.64. The first-order valence-corrected chi connectivity index (χ1v) is 10.1. The van der Waals surface area contributed by atoms with Crippen LogP contribution in [0.15, 0.2) is 30.3 Å². The van der Waals surface area contributed by atoms with E-state index in [0.29, 0.717) is 36.0 Å². The Morgan fingerprint density at radius 3 is 2.39 bits per heavy atom. The van der Waals surface area contributed by atoms with Gasteiger partial charge >= 0.3 is 6.03 Å². The Bertz CT molecular complexity index is 1070. The van der Waals surface area contributed by atoms with Crippen LogP contribution < -0.4 is 20.1 Å². The Kier molecular flexibility index (Phi) is 5.08. The molecule has 2 aromatic rings. The van der Waals surface area contributed by atoms with E-state index < -0.39 is 23.4 Å². The molecule has 1 fully saturated rings. The van der Waals surface area contributed by atoms with Gasteiger partial charge in [0.05, 0.1) is 0 Å². The number of urea groups is 1. The van der Waals surface area contributed by atoms with Gasteiger partial charge in [-0.3, -0.25) is 14.5 Å². The number of anilines is 1. The first kappa shape index (κ1) is 20.7. The predicted octanol–water partition coefficient (Wildman–Crippen LogP) is 2.79. The van der Waals surface area contributed by atoms with Crippen molar-refractivity contribution >= 4 is 23.5 Å². The van der Waals surface area contributed by atoms with Crippen molar-refractivity contribution in [3.63, 3.8) is 0 Å². The minimum absolute atomic E-state index is 0.377. The number of carbonyl (C=O) groups excluding carboxylic acids is 3. The molecule has 0 unspecified atom stereocenters. The van der Waals surface area contributed by atoms with Crippen LogP contribution in [0.3, 0.4) is 0 Å². The van der Waals surface area contributed by atoms with Crippen molar-refractivity contribution in [2.24, 2.45) is 0 Å². The van der Waals surface area contributed by atoms with Crippen LogP contribution >= 0.6 is 0 Å². The van der Waals surface area contributed by atoms with E-state index in [1.165, 1.54) is 0 Å². The summed E-state index contributed by atoms with van der Waals surface area (Å²) in [5.41, 5.74) is 2.88. The number of carbonyl (C=O) groups is 3. The fourth-order valence-corrected chi connectivity index (χ4v) is 4.09. The molecule has 0 aliphatic carbocycles. The molecule has 1 atom stereocenters. The zero-order chi connectivity index (χ0) is 22.3. The highest BCUT2D eigenvalue weighted by Gasteiger charge is 2.49. The van der Waals surface area contributed by atoms with Crippen molar-refractivity contribution in [1.82, 2.24) is 10.2 Å². The smallest absolute Gasteiger partial charge is 0.325 e. The zero-order valence-electron chi connectivity index (χ0n) is 18.0. The molecule has 8 heteroatoms. The fraction of sp³-hybridized carbons (Fsp3) is 0.348. The molecule has 0 radical (unpaired) electrons. The number of hydrogen-bond acceptors (Lipinski definition) is 5. The van der Waals surface area contributed by atoms with Crippen LogP contribution in [0.5, 0.6) is 11.5 Å². The number of rotatable bonds is 4. The first-order valence-electron chi connectivity index (χ1n) is 10.1. The van der Waals surface area contributed by atoms with E-state index in [0.717, 1.165) is 21.6 Å². The van der Waals surface area contributed by atoms with Crippen molar-refractivity contribution < 1.29 is 23.9 Å². The summed E-state index contributed by atoms with van der Waals surface area (Å²) in [5, 5.41) is 5.55. The van der Waals surface area contributed by atoms with Crippen LogP contribution in [0.25, 0.3) is 0 Å². The SMILES string of the molecule is Cc1cc(C)c(NC(=O)CN2C(=O)N[C@](C)(c3ccc4c(c3)OCCO4)C2=O)c(C)c1. The molecule has 2 aromatic carbocycles. The number of amides is 4. The van der Waals surface area contributed by atoms with Crippen LogP contribution in [0.2, 0.25) is 0 Å². The van der Waals surface area contributed by atoms with Gasteiger partial charge in [0.2, 0.25) is 5.91 Å². The molecular weight excluding hydrogens is 398 g/mol. The maximum atomic E-state index is 13.2. The first-order chi connectivity index (χ1) is 14.7. The molecule has 4 amide bonds. The molecule has 31 heavy (non-hydrogen) atoms. The van der Waals surface area contributed by atoms with Crippen LogP contribution in [0.4, 0.5) is 10.5 Å². The van der Waals surface area contributed by atoms with Gasteiger partial charge in [0, 0.05) is 5.69 Å². The summed E-state index contributed by atoms with van der Waals surface area (Å²) in [4.78, 5) is 39.4. The molecule has 2 heterocycles. The van der Waals surface area contributed by atoms with E-state index >= 15 is 0 Å². The largest absolute Gasteiger partial charge is 0.486 e. The predicted molar refractivity (Wildman–Crippen MR) is 114 cm³/mol. The van der Waals surface area contributed by atoms with Gasteiger partial charge in [0.25, 0.3) is 5.91 Å². The maximum Gasteiger partial charge on any atom is 0.325 e. The van der Waals surface area contributed by atoms with E-state index in [9.17, 15) is 14.4 Å². The summed E-state index contributed by atoms with van der Waals surface area (Å²) in [6.45, 7) is 7.91. The van der Waals surface area contributed by atoms with Crippen LogP contribution in [0, 0.1) is 20.8 Å². The number of fused-ring (bicyclic) bond motifs is 1. The van der Waals surface area contributed by atoms with Crippen LogP contribution in [-0.2, 0) is 15.1 Å². The molecule has 4 rings (SSSR count). The average Bonchev–Trinajstić information content (AvgIpc) is 2.94. The topological polar surface area (TPSA) is 97.0 Å². The van der Waals surface area contributed by atoms with Gasteiger partial charge in [-0.25, -0.2) is 4.79 Å². The highest BCUT2D eigenvalue weighted by molar-refractivity contribution is 6.10. The minimum Gasteiger partial charge on any atom is -0.486 e. The Morgan fingerprint density at radius 2 is 1.71 bits per heavy atom. The number of ether oxygens (including phenoxy) is 2. The van der Waals surface area contributed by atoms with E-state index in [2.05, 4.69) is 10.6 Å². The standard InChI is InChI=1S/C23H25N3O5/c1-13-9-14(2)20(15(3)10-13)24-19(27)12-26-21(28)23(4,25-22(26)29)16-5-6-17-18(11-16)31-8-7-30-17/h5-6,9-11H,7-8,12H2,1-4H3,(H,24,27)(H,25,29)/t23-/m1/s1. The lowest BCUT2D eigenvalue weighted by atomic mass is 9.91. The third kappa shape index (κ3) is 3.69. The lowest BCUT2D eigenvalue weighted by Gasteiger charge is -2.25. The lowest BCUT2D eigenvalue weighted by molar-refractivity contribution is -0.133. The monoisotopic (exact) mass is 423 g/mol. The lowest BCUT2D eigenvalue weighted by Crippen LogP contribution is -2.42. The number of benzene rings is 2. The van der Waals surface area contributed by atoms with Crippen LogP contribution in [-0.4, -0.2) is 42.5 Å². The van der Waals surface area contributed by atoms with E-state index in [1.807, 2.05) is 32.9 Å². The summed E-state index contributed by atoms with van der Waals surface area (Å²) in [6.07, 6.45) is 0. The Labute approximate surface area is 180 Å². The average molecular weight is 423 g/mol. The molecule has 162 valence electrons. The van der Waals surface area contributed by atoms with Crippen molar-refractivity contribution in [2.75, 3.05) is 25.1 Å². The van der Waals surface area contributed by atoms with Gasteiger partial charge in [-0.05, 0) is 56.5 Å². The van der Waals surface area contributed by atoms with E-state index in [4.69, 9.17) is 9.47 Å². The molecule has 8 nitrogen and oxygen atoms in total. The number of aryl methyl sites for hydroxylation is 3. The summed E-state index contributed by atoms with van der Waals surface area (Å²) < 4.78 is 11.1. The van der Waals surface area contributed by atoms with Crippen molar-refractivity contribution in [2.45, 2.75) is 33.2 Å². The molecule has 0 spiro atoms. The maximum absolute atomic E-state index is 13.2. The van der Waals surface area contributed by atoms with Gasteiger partial charge in [0.15, 0.2) is 11.5 Å². The summed E-state index contributed by atoms with van der Waals surface area (Å²) in [6, 6.07) is 8.44. The fourth-order valence-electron chi connectivity index (χ4n) is 4.09. The summed E-state index contributed by atoms with van der Waals surface area (Å²) in [7, 11) is 0. The summed E-state index contributed by atoms with van der Waals surface area (Å²) in [5.74, 6) is 0.177. The van der Waals surface area contributed by atoms with Gasteiger partial charge in [0.1, 0.15) is 25.3 Å². The Hall–Kier alpha value is -3.55. The van der Waals surface area contributed by atoms with Gasteiger partial charge in [-0.15, -0.1) is 0 Å². The zero-order valence-corrected chi connectivity index (χ0v) is 18.0. The van der Waals surface area contributed by atoms with Gasteiger partial charge in [-0.1, -0.05) is 23.8 Å². The van der Waals surface area contributed by atoms with E-state index in [1.54, 1.807) is 25.1 Å². The van der Waals surface area contributed by atoms with Crippen molar-refractivity contribution in [1.29, 1.82) is 0 Å². The molecule has 2 aliphatic heterocycles. The Morgan fingerprint density at radius 1 is 1.06 bits per heavy atom. The van der Waals surface area contributed by atoms with Crippen LogP contribution in [0.1, 0.15) is 29.2 Å². The molecule has 2 aliphatic rings. The summed E-state index contributed by atoms with van der Waals surface area (Å²) >= 11 is 0. The highest BCUT2D eigenvalue weighted by Crippen LogP contribution is 2.36. The van der Waals surface area contributed by atoms with Crippen molar-refractivity contribution in [3.05, 3.63) is 52.6 Å². The Balaban J connectivity index is 1.53. The molecule has 2 N–H and O–H groups in total. The van der Waals surface area contributed by atoms with Crippen molar-refractivity contribution in [3.8, 4) is 11.5 Å². The molecule has 0 aromatic heterocycles. The molecular formula is C23H25N3O5. The number of imide groups is 1. The van der Waals surface area contributed by atoms with Gasteiger partial charge in [-0.2, -0.15) is 0 Å². The van der Waals surface area contributed by atoms with E-state index in [-0.39, 0.29) is 6.54 Å². The quantitative estimate of drug-likeness (QED) is 0.737. The number of hydrogen-bond donors (Lipinski definition) is 2. The molecule has 1 saturated heterocycles. The second-order valence-corrected chi connectivity index (χ2v) is 8.13. The molecule has 0 bridgehead atoms.